The van der Waals surface area contributed by atoms with E-state index >= 15 is 0 Å². The molecular weight excluding hydrogens is 466 g/mol. The molecule has 3 aromatic rings. The fraction of sp³-hybridized carbons (Fsp3) is 0.273. The van der Waals surface area contributed by atoms with Crippen LogP contribution in [0.25, 0.3) is 11.0 Å². The molecule has 2 heterocycles. The van der Waals surface area contributed by atoms with Gasteiger partial charge >= 0.3 is 17.1 Å². The van der Waals surface area contributed by atoms with Gasteiger partial charge in [-0.1, -0.05) is 22.0 Å². The van der Waals surface area contributed by atoms with E-state index in [2.05, 4.69) is 26.2 Å². The number of aryl methyl sites for hydroxylation is 1. The van der Waals surface area contributed by atoms with E-state index in [0.717, 1.165) is 10.0 Å². The van der Waals surface area contributed by atoms with Crippen LogP contribution in [0.2, 0.25) is 0 Å². The number of benzene rings is 2. The van der Waals surface area contributed by atoms with E-state index in [1.807, 2.05) is 6.07 Å². The summed E-state index contributed by atoms with van der Waals surface area (Å²) in [4.78, 5) is 52.1. The van der Waals surface area contributed by atoms with Crippen LogP contribution >= 0.6 is 15.9 Å². The van der Waals surface area contributed by atoms with Crippen LogP contribution in [-0.2, 0) is 16.0 Å². The predicted molar refractivity (Wildman–Crippen MR) is 120 cm³/mol. The predicted octanol–water partition coefficient (Wildman–Crippen LogP) is 3.15. The van der Waals surface area contributed by atoms with Crippen LogP contribution in [0.3, 0.4) is 0 Å². The quantitative estimate of drug-likeness (QED) is 0.426. The number of carbonyl (C=O) groups excluding carboxylic acids is 2. The van der Waals surface area contributed by atoms with Gasteiger partial charge < -0.3 is 15.0 Å². The van der Waals surface area contributed by atoms with E-state index in [-0.39, 0.29) is 18.9 Å². The van der Waals surface area contributed by atoms with Crippen molar-refractivity contribution in [3.63, 3.8) is 0 Å². The summed E-state index contributed by atoms with van der Waals surface area (Å²) in [7, 11) is 0. The lowest BCUT2D eigenvalue weighted by molar-refractivity contribution is -0.117. The topological polar surface area (TPSA) is 110 Å². The van der Waals surface area contributed by atoms with Crippen LogP contribution in [0, 0.1) is 0 Å². The Labute approximate surface area is 185 Å². The lowest BCUT2D eigenvalue weighted by atomic mass is 9.96. The molecule has 0 radical (unpaired) electrons. The normalized spacial score (nSPS) is 15.0. The maximum absolute atomic E-state index is 12.7. The second-order valence-electron chi connectivity index (χ2n) is 7.34. The number of esters is 1. The van der Waals surface area contributed by atoms with Gasteiger partial charge in [-0.2, -0.15) is 0 Å². The molecular formula is C22H20BrN3O5. The minimum atomic E-state index is -0.717. The number of halogens is 1. The zero-order chi connectivity index (χ0) is 22.1. The van der Waals surface area contributed by atoms with E-state index in [4.69, 9.17) is 4.74 Å². The molecule has 4 rings (SSSR count). The Hall–Kier alpha value is -3.20. The standard InChI is InChI=1S/C22H20BrN3O5/c1-2-31-22(30)13-4-3-5-15(9-13)24-18(27)11-16-7-6-12-8-14(23)10-17-19(12)26(16)21(29)20(28)25-17/h3-5,8-10,16H,2,6-7,11H2,1H3,(H,24,27)(H,25,28). The SMILES string of the molecule is CCOC(=O)c1cccc(NC(=O)CC2CCc3cc(Br)cc4[nH]c(=O)c(=O)n2c34)c1. The van der Waals surface area contributed by atoms with Gasteiger partial charge in [0.05, 0.1) is 23.2 Å². The summed E-state index contributed by atoms with van der Waals surface area (Å²) in [5, 5.41) is 2.77. The van der Waals surface area contributed by atoms with Crippen molar-refractivity contribution in [1.29, 1.82) is 0 Å². The van der Waals surface area contributed by atoms with Crippen molar-refractivity contribution in [1.82, 2.24) is 9.55 Å². The average molecular weight is 486 g/mol. The maximum Gasteiger partial charge on any atom is 0.338 e. The van der Waals surface area contributed by atoms with Crippen LogP contribution in [-0.4, -0.2) is 28.0 Å². The largest absolute Gasteiger partial charge is 0.462 e. The smallest absolute Gasteiger partial charge is 0.338 e. The highest BCUT2D eigenvalue weighted by Crippen LogP contribution is 2.32. The Morgan fingerprint density at radius 3 is 2.84 bits per heavy atom. The number of hydrogen-bond donors (Lipinski definition) is 2. The first-order valence-corrected chi connectivity index (χ1v) is 10.7. The van der Waals surface area contributed by atoms with Crippen LogP contribution in [0.5, 0.6) is 0 Å². The molecule has 1 aliphatic heterocycles. The first kappa shape index (κ1) is 21.0. The number of amides is 1. The van der Waals surface area contributed by atoms with Gasteiger partial charge in [-0.05, 0) is 55.7 Å². The first-order chi connectivity index (χ1) is 14.9. The molecule has 1 aromatic heterocycles. The van der Waals surface area contributed by atoms with Gasteiger partial charge in [0, 0.05) is 22.6 Å². The molecule has 2 aromatic carbocycles. The molecule has 1 unspecified atom stereocenters. The van der Waals surface area contributed by atoms with E-state index in [9.17, 15) is 19.2 Å². The number of H-pyrrole nitrogens is 1. The Morgan fingerprint density at radius 2 is 2.06 bits per heavy atom. The molecule has 0 bridgehead atoms. The van der Waals surface area contributed by atoms with Crippen molar-refractivity contribution in [3.05, 3.63) is 72.7 Å². The Morgan fingerprint density at radius 1 is 1.26 bits per heavy atom. The highest BCUT2D eigenvalue weighted by atomic mass is 79.9. The molecule has 0 saturated heterocycles. The third-order valence-electron chi connectivity index (χ3n) is 5.25. The van der Waals surface area contributed by atoms with E-state index < -0.39 is 23.1 Å². The van der Waals surface area contributed by atoms with Crippen molar-refractivity contribution >= 4 is 44.5 Å². The van der Waals surface area contributed by atoms with Gasteiger partial charge in [0.15, 0.2) is 0 Å². The molecule has 1 aliphatic rings. The number of rotatable bonds is 5. The van der Waals surface area contributed by atoms with Crippen LogP contribution < -0.4 is 16.4 Å². The fourth-order valence-corrected chi connectivity index (χ4v) is 4.48. The number of anilines is 1. The van der Waals surface area contributed by atoms with Crippen molar-refractivity contribution in [2.75, 3.05) is 11.9 Å². The number of nitrogens with zero attached hydrogens (tertiary/aromatic N) is 1. The number of carbonyl (C=O) groups is 2. The van der Waals surface area contributed by atoms with Crippen molar-refractivity contribution in [2.45, 2.75) is 32.2 Å². The molecule has 9 heteroatoms. The molecule has 1 amide bonds. The monoisotopic (exact) mass is 485 g/mol. The van der Waals surface area contributed by atoms with Gasteiger partial charge in [0.1, 0.15) is 0 Å². The maximum atomic E-state index is 12.7. The second kappa shape index (κ2) is 8.50. The molecule has 0 aliphatic carbocycles. The van der Waals surface area contributed by atoms with Crippen LogP contribution in [0.15, 0.2) is 50.5 Å². The van der Waals surface area contributed by atoms with Crippen LogP contribution in [0.1, 0.15) is 41.7 Å². The molecule has 0 fully saturated rings. The summed E-state index contributed by atoms with van der Waals surface area (Å²) in [6.07, 6.45) is 1.26. The summed E-state index contributed by atoms with van der Waals surface area (Å²) in [6, 6.07) is 9.71. The molecule has 1 atom stereocenters. The molecule has 31 heavy (non-hydrogen) atoms. The van der Waals surface area contributed by atoms with Gasteiger partial charge in [0.2, 0.25) is 5.91 Å². The Bertz CT molecular complexity index is 1310. The number of aromatic amines is 1. The Kier molecular flexibility index (Phi) is 5.77. The molecule has 0 saturated carbocycles. The Balaban J connectivity index is 1.61. The number of ether oxygens (including phenoxy) is 1. The first-order valence-electron chi connectivity index (χ1n) is 9.91. The summed E-state index contributed by atoms with van der Waals surface area (Å²) < 4.78 is 7.23. The summed E-state index contributed by atoms with van der Waals surface area (Å²) in [6.45, 7) is 1.98. The summed E-state index contributed by atoms with van der Waals surface area (Å²) in [5.41, 5.74) is 1.56. The number of nitrogens with one attached hydrogen (secondary N) is 2. The minimum absolute atomic E-state index is 0.0254. The van der Waals surface area contributed by atoms with Crippen molar-refractivity contribution < 1.29 is 14.3 Å². The molecule has 2 N–H and O–H groups in total. The lowest BCUT2D eigenvalue weighted by Crippen LogP contribution is -2.41. The van der Waals surface area contributed by atoms with E-state index in [1.165, 1.54) is 4.57 Å². The number of aromatic nitrogens is 2. The average Bonchev–Trinajstić information content (AvgIpc) is 2.72. The fourth-order valence-electron chi connectivity index (χ4n) is 3.97. The molecule has 160 valence electrons. The molecule has 0 spiro atoms. The highest BCUT2D eigenvalue weighted by molar-refractivity contribution is 9.10. The van der Waals surface area contributed by atoms with Crippen molar-refractivity contribution in [3.8, 4) is 0 Å². The van der Waals surface area contributed by atoms with Gasteiger partial charge in [-0.15, -0.1) is 0 Å². The number of hydrogen-bond acceptors (Lipinski definition) is 5. The van der Waals surface area contributed by atoms with Crippen molar-refractivity contribution in [2.24, 2.45) is 0 Å². The van der Waals surface area contributed by atoms with Gasteiger partial charge in [-0.25, -0.2) is 4.79 Å². The zero-order valence-electron chi connectivity index (χ0n) is 16.7. The van der Waals surface area contributed by atoms with E-state index in [0.29, 0.717) is 35.1 Å². The lowest BCUT2D eigenvalue weighted by Gasteiger charge is -2.27. The van der Waals surface area contributed by atoms with Crippen LogP contribution in [0.4, 0.5) is 5.69 Å². The summed E-state index contributed by atoms with van der Waals surface area (Å²) >= 11 is 3.43. The highest BCUT2D eigenvalue weighted by Gasteiger charge is 2.26. The van der Waals surface area contributed by atoms with E-state index in [1.54, 1.807) is 37.3 Å². The van der Waals surface area contributed by atoms with Gasteiger partial charge in [-0.3, -0.25) is 19.0 Å². The third-order valence-corrected chi connectivity index (χ3v) is 5.70. The third kappa shape index (κ3) is 4.18. The summed E-state index contributed by atoms with van der Waals surface area (Å²) in [5.74, 6) is -0.780. The zero-order valence-corrected chi connectivity index (χ0v) is 18.3. The molecule has 8 nitrogen and oxygen atoms in total. The van der Waals surface area contributed by atoms with Gasteiger partial charge in [0.25, 0.3) is 0 Å². The minimum Gasteiger partial charge on any atom is -0.462 e. The second-order valence-corrected chi connectivity index (χ2v) is 8.25.